The Morgan fingerprint density at radius 3 is 2.72 bits per heavy atom. The van der Waals surface area contributed by atoms with Gasteiger partial charge in [0.15, 0.2) is 11.5 Å². The molecule has 5 heterocycles. The van der Waals surface area contributed by atoms with E-state index in [0.29, 0.717) is 23.8 Å². The number of aromatic nitrogens is 7. The van der Waals surface area contributed by atoms with Gasteiger partial charge in [0, 0.05) is 24.8 Å². The number of rotatable bonds is 5. The van der Waals surface area contributed by atoms with Gasteiger partial charge in [0.1, 0.15) is 29.3 Å². The zero-order chi connectivity index (χ0) is 21.3. The number of H-pyrrole nitrogens is 2. The molecule has 1 aliphatic heterocycles. The predicted octanol–water partition coefficient (Wildman–Crippen LogP) is 2.74. The number of imidazole rings is 2. The van der Waals surface area contributed by atoms with Crippen molar-refractivity contribution >= 4 is 33.8 Å². The van der Waals surface area contributed by atoms with Crippen molar-refractivity contribution in [3.63, 3.8) is 0 Å². The maximum absolute atomic E-state index is 5.41. The van der Waals surface area contributed by atoms with Gasteiger partial charge in [-0.1, -0.05) is 12.1 Å². The molecule has 0 saturated carbocycles. The fourth-order valence-corrected chi connectivity index (χ4v) is 3.86. The summed E-state index contributed by atoms with van der Waals surface area (Å²) < 4.78 is 5.41. The number of para-hydroxylation sites is 2. The number of aromatic amines is 2. The molecular formula is C22H21N9O. The Balaban J connectivity index is 1.24. The maximum Gasteiger partial charge on any atom is 0.183 e. The molecule has 0 atom stereocenters. The number of pyridine rings is 1. The summed E-state index contributed by atoms with van der Waals surface area (Å²) in [5.41, 5.74) is 4.18. The highest BCUT2D eigenvalue weighted by atomic mass is 16.5. The van der Waals surface area contributed by atoms with E-state index in [2.05, 4.69) is 45.1 Å². The van der Waals surface area contributed by atoms with E-state index in [1.54, 1.807) is 0 Å². The van der Waals surface area contributed by atoms with E-state index in [1.165, 1.54) is 6.33 Å². The summed E-state index contributed by atoms with van der Waals surface area (Å²) in [6, 6.07) is 12.0. The van der Waals surface area contributed by atoms with Crippen molar-refractivity contribution in [2.24, 2.45) is 0 Å². The Labute approximate surface area is 183 Å². The molecule has 0 amide bonds. The van der Waals surface area contributed by atoms with Crippen LogP contribution >= 0.6 is 0 Å². The van der Waals surface area contributed by atoms with Crippen molar-refractivity contribution in [2.45, 2.75) is 6.54 Å². The van der Waals surface area contributed by atoms with Crippen LogP contribution in [0.5, 0.6) is 0 Å². The number of hydrogen-bond donors (Lipinski definition) is 3. The number of fused-ring (bicyclic) bond motifs is 2. The molecule has 5 aromatic rings. The van der Waals surface area contributed by atoms with Crippen LogP contribution in [0.1, 0.15) is 5.82 Å². The lowest BCUT2D eigenvalue weighted by Crippen LogP contribution is -2.36. The largest absolute Gasteiger partial charge is 0.378 e. The van der Waals surface area contributed by atoms with Gasteiger partial charge in [0.25, 0.3) is 0 Å². The second kappa shape index (κ2) is 7.89. The number of morpholine rings is 1. The van der Waals surface area contributed by atoms with Crippen molar-refractivity contribution < 1.29 is 4.74 Å². The SMILES string of the molecule is c1ccc2[nH]c(CNc3ncnc4nc(-c5ccc(N6CCOCC6)nc5)[nH]c34)nc2c1. The Hall–Kier alpha value is -4.05. The van der Waals surface area contributed by atoms with Crippen molar-refractivity contribution in [1.29, 1.82) is 0 Å². The topological polar surface area (TPSA) is 121 Å². The fourth-order valence-electron chi connectivity index (χ4n) is 3.86. The standard InChI is InChI=1S/C22H21N9O/c1-2-4-16-15(3-1)27-17(28-16)12-24-21-19-22(26-13-25-21)30-20(29-19)14-5-6-18(23-11-14)31-7-9-32-10-8-31/h1-6,11,13H,7-10,12H2,(H,27,28)(H2,24,25,26,29,30). The smallest absolute Gasteiger partial charge is 0.183 e. The molecule has 1 fully saturated rings. The van der Waals surface area contributed by atoms with Crippen LogP contribution in [-0.2, 0) is 11.3 Å². The molecule has 10 nitrogen and oxygen atoms in total. The highest BCUT2D eigenvalue weighted by Gasteiger charge is 2.15. The quantitative estimate of drug-likeness (QED) is 0.392. The van der Waals surface area contributed by atoms with Gasteiger partial charge in [-0.2, -0.15) is 0 Å². The first kappa shape index (κ1) is 18.7. The van der Waals surface area contributed by atoms with E-state index >= 15 is 0 Å². The summed E-state index contributed by atoms with van der Waals surface area (Å²) in [4.78, 5) is 31.4. The molecule has 1 aromatic carbocycles. The summed E-state index contributed by atoms with van der Waals surface area (Å²) in [6.07, 6.45) is 3.34. The summed E-state index contributed by atoms with van der Waals surface area (Å²) in [7, 11) is 0. The van der Waals surface area contributed by atoms with Gasteiger partial charge in [-0.3, -0.25) is 0 Å². The van der Waals surface area contributed by atoms with Crippen molar-refractivity contribution in [3.8, 4) is 11.4 Å². The molecule has 10 heteroatoms. The first-order chi connectivity index (χ1) is 15.8. The van der Waals surface area contributed by atoms with Gasteiger partial charge in [-0.15, -0.1) is 0 Å². The fraction of sp³-hybridized carbons (Fsp3) is 0.227. The molecule has 32 heavy (non-hydrogen) atoms. The van der Waals surface area contributed by atoms with E-state index in [-0.39, 0.29) is 0 Å². The Morgan fingerprint density at radius 1 is 0.969 bits per heavy atom. The summed E-state index contributed by atoms with van der Waals surface area (Å²) in [5.74, 6) is 3.15. The average Bonchev–Trinajstić information content (AvgIpc) is 3.48. The normalized spacial score (nSPS) is 14.3. The Bertz CT molecular complexity index is 1340. The van der Waals surface area contributed by atoms with Crippen LogP contribution < -0.4 is 10.2 Å². The summed E-state index contributed by atoms with van der Waals surface area (Å²) in [6.45, 7) is 3.68. The van der Waals surface area contributed by atoms with E-state index in [9.17, 15) is 0 Å². The van der Waals surface area contributed by atoms with Gasteiger partial charge in [-0.05, 0) is 24.3 Å². The molecule has 1 saturated heterocycles. The molecule has 0 radical (unpaired) electrons. The van der Waals surface area contributed by atoms with E-state index in [0.717, 1.165) is 60.1 Å². The number of nitrogens with zero attached hydrogens (tertiary/aromatic N) is 6. The van der Waals surface area contributed by atoms with Crippen LogP contribution in [0.2, 0.25) is 0 Å². The lowest BCUT2D eigenvalue weighted by Gasteiger charge is -2.27. The first-order valence-electron chi connectivity index (χ1n) is 10.5. The molecular weight excluding hydrogens is 406 g/mol. The van der Waals surface area contributed by atoms with Gasteiger partial charge >= 0.3 is 0 Å². The Morgan fingerprint density at radius 2 is 1.88 bits per heavy atom. The molecule has 0 bridgehead atoms. The molecule has 6 rings (SSSR count). The number of ether oxygens (including phenoxy) is 1. The molecule has 160 valence electrons. The third-order valence-corrected chi connectivity index (χ3v) is 5.51. The Kier molecular flexibility index (Phi) is 4.61. The maximum atomic E-state index is 5.41. The minimum atomic E-state index is 0.505. The number of anilines is 2. The van der Waals surface area contributed by atoms with Crippen LogP contribution in [0.3, 0.4) is 0 Å². The lowest BCUT2D eigenvalue weighted by molar-refractivity contribution is 0.122. The van der Waals surface area contributed by atoms with Crippen molar-refractivity contribution in [3.05, 3.63) is 54.7 Å². The minimum Gasteiger partial charge on any atom is -0.378 e. The van der Waals surface area contributed by atoms with Gasteiger partial charge in [0.05, 0.1) is 30.8 Å². The van der Waals surface area contributed by atoms with Crippen LogP contribution in [0, 0.1) is 0 Å². The molecule has 1 aliphatic rings. The van der Waals surface area contributed by atoms with Crippen LogP contribution in [-0.4, -0.2) is 61.2 Å². The van der Waals surface area contributed by atoms with Crippen LogP contribution in [0.15, 0.2) is 48.9 Å². The monoisotopic (exact) mass is 427 g/mol. The number of hydrogen-bond acceptors (Lipinski definition) is 8. The van der Waals surface area contributed by atoms with Crippen LogP contribution in [0.4, 0.5) is 11.6 Å². The van der Waals surface area contributed by atoms with E-state index in [4.69, 9.17) is 4.74 Å². The van der Waals surface area contributed by atoms with Gasteiger partial charge in [0.2, 0.25) is 0 Å². The molecule has 0 spiro atoms. The van der Waals surface area contributed by atoms with E-state index in [1.807, 2.05) is 42.6 Å². The summed E-state index contributed by atoms with van der Waals surface area (Å²) in [5, 5.41) is 3.33. The highest BCUT2D eigenvalue weighted by molar-refractivity contribution is 5.85. The average molecular weight is 427 g/mol. The molecule has 4 aromatic heterocycles. The molecule has 0 aliphatic carbocycles. The van der Waals surface area contributed by atoms with E-state index < -0.39 is 0 Å². The number of benzene rings is 1. The number of nitrogens with one attached hydrogen (secondary N) is 3. The van der Waals surface area contributed by atoms with Crippen LogP contribution in [0.25, 0.3) is 33.6 Å². The van der Waals surface area contributed by atoms with Crippen molar-refractivity contribution in [1.82, 2.24) is 34.9 Å². The zero-order valence-corrected chi connectivity index (χ0v) is 17.2. The molecule has 0 unspecified atom stereocenters. The zero-order valence-electron chi connectivity index (χ0n) is 17.2. The minimum absolute atomic E-state index is 0.505. The second-order valence-electron chi connectivity index (χ2n) is 7.56. The highest BCUT2D eigenvalue weighted by Crippen LogP contribution is 2.24. The first-order valence-corrected chi connectivity index (χ1v) is 10.5. The van der Waals surface area contributed by atoms with Gasteiger partial charge in [-0.25, -0.2) is 24.9 Å². The lowest BCUT2D eigenvalue weighted by atomic mass is 10.2. The second-order valence-corrected chi connectivity index (χ2v) is 7.56. The third-order valence-electron chi connectivity index (χ3n) is 5.51. The van der Waals surface area contributed by atoms with Crippen molar-refractivity contribution in [2.75, 3.05) is 36.5 Å². The van der Waals surface area contributed by atoms with Gasteiger partial charge < -0.3 is 24.9 Å². The predicted molar refractivity (Wildman–Crippen MR) is 121 cm³/mol. The summed E-state index contributed by atoms with van der Waals surface area (Å²) >= 11 is 0. The third kappa shape index (κ3) is 3.50. The molecule has 3 N–H and O–H groups in total.